The predicted molar refractivity (Wildman–Crippen MR) is 96.0 cm³/mol. The highest BCUT2D eigenvalue weighted by Crippen LogP contribution is 2.30. The first-order valence-corrected chi connectivity index (χ1v) is 9.22. The molecule has 1 N–H and O–H groups in total. The molecule has 1 saturated carbocycles. The van der Waals surface area contributed by atoms with Crippen LogP contribution in [-0.4, -0.2) is 27.7 Å². The number of hydrogen-bond donors (Lipinski definition) is 1. The molecule has 1 aliphatic rings. The van der Waals surface area contributed by atoms with E-state index in [0.29, 0.717) is 24.6 Å². The van der Waals surface area contributed by atoms with Crippen LogP contribution in [0.5, 0.6) is 0 Å². The highest BCUT2D eigenvalue weighted by Gasteiger charge is 2.21. The second kappa shape index (κ2) is 6.81. The van der Waals surface area contributed by atoms with Gasteiger partial charge in [-0.3, -0.25) is 4.98 Å². The lowest BCUT2D eigenvalue weighted by Gasteiger charge is -2.24. The quantitative estimate of drug-likeness (QED) is 0.747. The molecule has 0 unspecified atom stereocenters. The number of rotatable bonds is 4. The third-order valence-electron chi connectivity index (χ3n) is 4.55. The molecule has 3 heterocycles. The van der Waals surface area contributed by atoms with Gasteiger partial charge in [0.05, 0.1) is 5.39 Å². The van der Waals surface area contributed by atoms with E-state index in [1.54, 1.807) is 17.5 Å². The van der Waals surface area contributed by atoms with E-state index in [1.165, 1.54) is 0 Å². The van der Waals surface area contributed by atoms with Crippen molar-refractivity contribution in [3.8, 4) is 11.5 Å². The summed E-state index contributed by atoms with van der Waals surface area (Å²) >= 11 is 1.60. The molecule has 3 aromatic rings. The van der Waals surface area contributed by atoms with Crippen LogP contribution in [0.3, 0.4) is 0 Å². The number of halogens is 1. The highest BCUT2D eigenvalue weighted by atomic mass is 32.1. The monoisotopic (exact) mass is 342 g/mol. The lowest BCUT2D eigenvalue weighted by molar-refractivity contribution is 0.212. The molecule has 0 aromatic carbocycles. The molecule has 124 valence electrons. The van der Waals surface area contributed by atoms with Crippen LogP contribution in [0.4, 0.5) is 10.2 Å². The van der Waals surface area contributed by atoms with Crippen molar-refractivity contribution in [2.24, 2.45) is 5.92 Å². The van der Waals surface area contributed by atoms with Gasteiger partial charge in [0.25, 0.3) is 0 Å². The van der Waals surface area contributed by atoms with Crippen molar-refractivity contribution < 1.29 is 4.39 Å². The minimum absolute atomic E-state index is 0.513. The summed E-state index contributed by atoms with van der Waals surface area (Å²) in [6.07, 6.45) is 4.39. The third-order valence-corrected chi connectivity index (χ3v) is 5.36. The first-order chi connectivity index (χ1) is 11.8. The zero-order valence-corrected chi connectivity index (χ0v) is 14.1. The van der Waals surface area contributed by atoms with Crippen LogP contribution in [0, 0.1) is 5.92 Å². The van der Waals surface area contributed by atoms with E-state index in [-0.39, 0.29) is 0 Å². The van der Waals surface area contributed by atoms with Gasteiger partial charge in [-0.05, 0) is 55.2 Å². The third kappa shape index (κ3) is 3.24. The van der Waals surface area contributed by atoms with Crippen molar-refractivity contribution in [3.05, 3.63) is 35.8 Å². The molecule has 0 spiro atoms. The van der Waals surface area contributed by atoms with Crippen molar-refractivity contribution in [1.29, 1.82) is 0 Å². The molecule has 0 bridgehead atoms. The molecule has 24 heavy (non-hydrogen) atoms. The maximum atomic E-state index is 13.3. The normalized spacial score (nSPS) is 21.0. The fraction of sp³-hybridized carbons (Fsp3) is 0.389. The Balaban J connectivity index is 1.58. The van der Waals surface area contributed by atoms with Crippen LogP contribution in [0.1, 0.15) is 25.7 Å². The summed E-state index contributed by atoms with van der Waals surface area (Å²) in [7, 11) is 0. The van der Waals surface area contributed by atoms with Gasteiger partial charge >= 0.3 is 0 Å². The Bertz CT molecular complexity index is 812. The van der Waals surface area contributed by atoms with Crippen LogP contribution in [-0.2, 0) is 0 Å². The van der Waals surface area contributed by atoms with E-state index in [4.69, 9.17) is 4.98 Å². The number of hydrogen-bond acceptors (Lipinski definition) is 5. The van der Waals surface area contributed by atoms with Crippen LogP contribution in [0.15, 0.2) is 35.8 Å². The lowest BCUT2D eigenvalue weighted by atomic mass is 9.88. The summed E-state index contributed by atoms with van der Waals surface area (Å²) in [6, 6.07) is 7.78. The van der Waals surface area contributed by atoms with Gasteiger partial charge in [-0.2, -0.15) is 0 Å². The van der Waals surface area contributed by atoms with Gasteiger partial charge in [0, 0.05) is 12.7 Å². The minimum Gasteiger partial charge on any atom is -0.369 e. The van der Waals surface area contributed by atoms with Gasteiger partial charge < -0.3 is 5.32 Å². The van der Waals surface area contributed by atoms with Gasteiger partial charge in [0.2, 0.25) is 0 Å². The average Bonchev–Trinajstić information content (AvgIpc) is 3.10. The van der Waals surface area contributed by atoms with Crippen molar-refractivity contribution >= 4 is 27.4 Å². The Morgan fingerprint density at radius 2 is 2.00 bits per heavy atom. The Labute approximate surface area is 144 Å². The molecule has 4 rings (SSSR count). The summed E-state index contributed by atoms with van der Waals surface area (Å²) in [4.78, 5) is 14.6. The molecule has 0 aliphatic heterocycles. The van der Waals surface area contributed by atoms with E-state index < -0.39 is 6.17 Å². The van der Waals surface area contributed by atoms with Crippen LogP contribution >= 0.6 is 11.3 Å². The Hall–Kier alpha value is -2.08. The van der Waals surface area contributed by atoms with E-state index in [2.05, 4.69) is 15.3 Å². The van der Waals surface area contributed by atoms with Gasteiger partial charge in [0.15, 0.2) is 5.82 Å². The van der Waals surface area contributed by atoms with Gasteiger partial charge in [-0.15, -0.1) is 11.3 Å². The fourth-order valence-electron chi connectivity index (χ4n) is 3.17. The van der Waals surface area contributed by atoms with Crippen LogP contribution in [0.2, 0.25) is 0 Å². The molecule has 6 heteroatoms. The number of thiophene rings is 1. The molecule has 0 amide bonds. The average molecular weight is 342 g/mol. The van der Waals surface area contributed by atoms with Gasteiger partial charge in [-0.25, -0.2) is 14.4 Å². The SMILES string of the molecule is FC1CCC(CNc2nc(-c3ccccn3)nc3sccc23)CC1. The zero-order chi connectivity index (χ0) is 16.4. The topological polar surface area (TPSA) is 50.7 Å². The molecular weight excluding hydrogens is 323 g/mol. The molecule has 0 atom stereocenters. The zero-order valence-electron chi connectivity index (χ0n) is 13.3. The number of nitrogens with zero attached hydrogens (tertiary/aromatic N) is 3. The van der Waals surface area contributed by atoms with Crippen LogP contribution < -0.4 is 5.32 Å². The molecule has 0 radical (unpaired) electrons. The lowest BCUT2D eigenvalue weighted by Crippen LogP contribution is -2.22. The van der Waals surface area contributed by atoms with Crippen molar-refractivity contribution in [2.75, 3.05) is 11.9 Å². The number of nitrogens with one attached hydrogen (secondary N) is 1. The molecular formula is C18H19FN4S. The van der Waals surface area contributed by atoms with Crippen molar-refractivity contribution in [3.63, 3.8) is 0 Å². The van der Waals surface area contributed by atoms with Crippen LogP contribution in [0.25, 0.3) is 21.7 Å². The minimum atomic E-state index is -0.611. The number of pyridine rings is 1. The highest BCUT2D eigenvalue weighted by molar-refractivity contribution is 7.16. The first-order valence-electron chi connectivity index (χ1n) is 8.34. The number of alkyl halides is 1. The molecule has 3 aromatic heterocycles. The fourth-order valence-corrected chi connectivity index (χ4v) is 3.93. The second-order valence-corrected chi connectivity index (χ2v) is 7.14. The Morgan fingerprint density at radius 1 is 1.12 bits per heavy atom. The summed E-state index contributed by atoms with van der Waals surface area (Å²) < 4.78 is 13.3. The number of anilines is 1. The maximum absolute atomic E-state index is 13.3. The molecule has 0 saturated heterocycles. The molecule has 4 nitrogen and oxygen atoms in total. The summed E-state index contributed by atoms with van der Waals surface area (Å²) in [6.45, 7) is 0.830. The van der Waals surface area contributed by atoms with Crippen molar-refractivity contribution in [2.45, 2.75) is 31.9 Å². The number of fused-ring (bicyclic) bond motifs is 1. The van der Waals surface area contributed by atoms with E-state index in [1.807, 2.05) is 29.6 Å². The second-order valence-electron chi connectivity index (χ2n) is 6.25. The Morgan fingerprint density at radius 3 is 2.79 bits per heavy atom. The number of aromatic nitrogens is 3. The standard InChI is InChI=1S/C18H19FN4S/c19-13-6-4-12(5-7-13)11-21-16-14-8-10-24-18(14)23-17(22-16)15-3-1-2-9-20-15/h1-3,8-10,12-13H,4-7,11H2,(H,21,22,23). The van der Waals surface area contributed by atoms with E-state index in [9.17, 15) is 4.39 Å². The van der Waals surface area contributed by atoms with Crippen molar-refractivity contribution in [1.82, 2.24) is 15.0 Å². The van der Waals surface area contributed by atoms with Gasteiger partial charge in [-0.1, -0.05) is 6.07 Å². The van der Waals surface area contributed by atoms with E-state index in [0.717, 1.165) is 41.1 Å². The largest absolute Gasteiger partial charge is 0.369 e. The summed E-state index contributed by atoms with van der Waals surface area (Å²) in [5.74, 6) is 2.00. The smallest absolute Gasteiger partial charge is 0.181 e. The summed E-state index contributed by atoms with van der Waals surface area (Å²) in [5, 5.41) is 6.54. The van der Waals surface area contributed by atoms with E-state index >= 15 is 0 Å². The van der Waals surface area contributed by atoms with Gasteiger partial charge in [0.1, 0.15) is 22.5 Å². The molecule has 1 aliphatic carbocycles. The first kappa shape index (κ1) is 15.4. The Kier molecular flexibility index (Phi) is 4.38. The maximum Gasteiger partial charge on any atom is 0.181 e. The predicted octanol–water partition coefficient (Wildman–Crippen LogP) is 4.69. The summed E-state index contributed by atoms with van der Waals surface area (Å²) in [5.41, 5.74) is 0.772. The molecule has 1 fully saturated rings.